The van der Waals surface area contributed by atoms with Crippen LogP contribution < -0.4 is 0 Å². The average Bonchev–Trinajstić information content (AvgIpc) is 2.65. The van der Waals surface area contributed by atoms with Crippen molar-refractivity contribution < 1.29 is 0 Å². The lowest BCUT2D eigenvalue weighted by Gasteiger charge is -2.16. The molecular weight excluding hydrogens is 292 g/mol. The molecule has 0 aliphatic carbocycles. The van der Waals surface area contributed by atoms with Crippen molar-refractivity contribution in [3.63, 3.8) is 0 Å². The van der Waals surface area contributed by atoms with E-state index < -0.39 is 0 Å². The predicted octanol–water partition coefficient (Wildman–Crippen LogP) is 5.48. The molecule has 0 heterocycles. The van der Waals surface area contributed by atoms with Gasteiger partial charge in [0.2, 0.25) is 0 Å². The fourth-order valence-electron chi connectivity index (χ4n) is 3.92. The first-order valence-electron chi connectivity index (χ1n) is 7.76. The SMILES string of the molecule is N#Cc1ccc2ccc(C#N)c3c4cccc5cccc(c1c23)c54. The third kappa shape index (κ3) is 1.43. The van der Waals surface area contributed by atoms with Crippen LogP contribution in [-0.4, -0.2) is 0 Å². The summed E-state index contributed by atoms with van der Waals surface area (Å²) in [5, 5.41) is 27.7. The minimum atomic E-state index is 0.654. The Morgan fingerprint density at radius 1 is 0.500 bits per heavy atom. The van der Waals surface area contributed by atoms with Crippen LogP contribution in [0.15, 0.2) is 60.7 Å². The van der Waals surface area contributed by atoms with E-state index >= 15 is 0 Å². The van der Waals surface area contributed by atoms with Gasteiger partial charge in [-0.2, -0.15) is 10.5 Å². The van der Waals surface area contributed by atoms with E-state index in [4.69, 9.17) is 0 Å². The van der Waals surface area contributed by atoms with Gasteiger partial charge in [0, 0.05) is 16.2 Å². The first-order chi connectivity index (χ1) is 11.8. The van der Waals surface area contributed by atoms with Crippen LogP contribution in [0.2, 0.25) is 0 Å². The van der Waals surface area contributed by atoms with E-state index in [1.807, 2.05) is 36.4 Å². The molecular formula is C22H10N2. The number of rotatable bonds is 0. The molecule has 2 heteroatoms. The maximum atomic E-state index is 9.64. The summed E-state index contributed by atoms with van der Waals surface area (Å²) in [6, 6.07) is 24.7. The molecule has 0 N–H and O–H groups in total. The van der Waals surface area contributed by atoms with Gasteiger partial charge in [-0.25, -0.2) is 0 Å². The van der Waals surface area contributed by atoms with Crippen LogP contribution >= 0.6 is 0 Å². The minimum absolute atomic E-state index is 0.654. The molecule has 5 aromatic carbocycles. The summed E-state index contributed by atoms with van der Waals surface area (Å²) in [6.45, 7) is 0. The van der Waals surface area contributed by atoms with Crippen molar-refractivity contribution in [2.75, 3.05) is 0 Å². The van der Waals surface area contributed by atoms with Gasteiger partial charge < -0.3 is 0 Å². The first-order valence-corrected chi connectivity index (χ1v) is 7.76. The largest absolute Gasteiger partial charge is 0.192 e. The molecule has 0 unspecified atom stereocenters. The standard InChI is InChI=1S/C22H10N2/c23-11-15-9-7-14-8-10-16(12-24)21-18-6-2-4-13-3-1-5-17(19(13)18)20(15)22(14)21/h1-10H. The van der Waals surface area contributed by atoms with Crippen molar-refractivity contribution in [1.29, 1.82) is 10.5 Å². The van der Waals surface area contributed by atoms with Crippen LogP contribution in [0.25, 0.3) is 43.1 Å². The van der Waals surface area contributed by atoms with E-state index in [9.17, 15) is 10.5 Å². The molecule has 0 saturated carbocycles. The van der Waals surface area contributed by atoms with Crippen molar-refractivity contribution in [2.45, 2.75) is 0 Å². The lowest BCUT2D eigenvalue weighted by atomic mass is 9.86. The highest BCUT2D eigenvalue weighted by Gasteiger charge is 2.17. The smallest absolute Gasteiger partial charge is 0.0998 e. The summed E-state index contributed by atoms with van der Waals surface area (Å²) in [5.74, 6) is 0. The lowest BCUT2D eigenvalue weighted by Crippen LogP contribution is -1.91. The number of benzene rings is 5. The molecule has 5 rings (SSSR count). The van der Waals surface area contributed by atoms with E-state index in [-0.39, 0.29) is 0 Å². The molecule has 0 atom stereocenters. The second kappa shape index (κ2) is 4.44. The van der Waals surface area contributed by atoms with Crippen molar-refractivity contribution in [1.82, 2.24) is 0 Å². The topological polar surface area (TPSA) is 47.6 Å². The normalized spacial score (nSPS) is 11.2. The highest BCUT2D eigenvalue weighted by atomic mass is 14.3. The minimum Gasteiger partial charge on any atom is -0.192 e. The Balaban J connectivity index is 2.33. The van der Waals surface area contributed by atoms with Gasteiger partial charge in [0.1, 0.15) is 0 Å². The third-order valence-corrected chi connectivity index (χ3v) is 4.87. The molecule has 24 heavy (non-hydrogen) atoms. The second-order valence-electron chi connectivity index (χ2n) is 6.01. The summed E-state index contributed by atoms with van der Waals surface area (Å²) in [5.41, 5.74) is 1.31. The average molecular weight is 302 g/mol. The summed E-state index contributed by atoms with van der Waals surface area (Å²) in [7, 11) is 0. The molecule has 0 bridgehead atoms. The van der Waals surface area contributed by atoms with Crippen LogP contribution in [0.1, 0.15) is 11.1 Å². The monoisotopic (exact) mass is 302 g/mol. The Kier molecular flexibility index (Phi) is 2.38. The summed E-state index contributed by atoms with van der Waals surface area (Å²) in [4.78, 5) is 0. The van der Waals surface area contributed by atoms with Crippen LogP contribution in [0, 0.1) is 22.7 Å². The van der Waals surface area contributed by atoms with Crippen molar-refractivity contribution in [2.24, 2.45) is 0 Å². The van der Waals surface area contributed by atoms with Crippen LogP contribution in [-0.2, 0) is 0 Å². The van der Waals surface area contributed by atoms with Gasteiger partial charge in [-0.15, -0.1) is 0 Å². The lowest BCUT2D eigenvalue weighted by molar-refractivity contribution is 1.50. The number of nitriles is 2. The summed E-state index contributed by atoms with van der Waals surface area (Å²) in [6.07, 6.45) is 0. The number of nitrogens with zero attached hydrogens (tertiary/aromatic N) is 2. The van der Waals surface area contributed by atoms with E-state index in [1.165, 1.54) is 0 Å². The Labute approximate surface area is 138 Å². The van der Waals surface area contributed by atoms with Crippen LogP contribution in [0.4, 0.5) is 0 Å². The van der Waals surface area contributed by atoms with Gasteiger partial charge in [-0.3, -0.25) is 0 Å². The van der Waals surface area contributed by atoms with E-state index in [2.05, 4.69) is 36.4 Å². The van der Waals surface area contributed by atoms with Crippen molar-refractivity contribution in [3.05, 3.63) is 71.8 Å². The van der Waals surface area contributed by atoms with Crippen LogP contribution in [0.5, 0.6) is 0 Å². The number of fused-ring (bicyclic) bond motifs is 2. The van der Waals surface area contributed by atoms with E-state index in [0.717, 1.165) is 43.1 Å². The molecule has 5 aromatic rings. The summed E-state index contributed by atoms with van der Waals surface area (Å²) < 4.78 is 0. The van der Waals surface area contributed by atoms with Gasteiger partial charge in [-0.05, 0) is 39.1 Å². The molecule has 0 spiro atoms. The Morgan fingerprint density at radius 3 is 1.50 bits per heavy atom. The Bertz CT molecular complexity index is 1270. The molecule has 0 aromatic heterocycles. The molecule has 0 saturated heterocycles. The zero-order valence-electron chi connectivity index (χ0n) is 12.7. The molecule has 0 aliphatic rings. The first kappa shape index (κ1) is 12.9. The number of hydrogen-bond acceptors (Lipinski definition) is 2. The summed E-state index contributed by atoms with van der Waals surface area (Å²) >= 11 is 0. The van der Waals surface area contributed by atoms with Gasteiger partial charge in [0.25, 0.3) is 0 Å². The molecule has 0 aliphatic heterocycles. The maximum absolute atomic E-state index is 9.64. The van der Waals surface area contributed by atoms with Gasteiger partial charge in [-0.1, -0.05) is 48.5 Å². The molecule has 2 nitrogen and oxygen atoms in total. The maximum Gasteiger partial charge on any atom is 0.0998 e. The Morgan fingerprint density at radius 2 is 1.00 bits per heavy atom. The molecule has 0 radical (unpaired) electrons. The zero-order chi connectivity index (χ0) is 16.3. The molecule has 0 amide bonds. The van der Waals surface area contributed by atoms with Gasteiger partial charge in [0.15, 0.2) is 0 Å². The Hall–Kier alpha value is -3.62. The fraction of sp³-hybridized carbons (Fsp3) is 0. The van der Waals surface area contributed by atoms with Crippen molar-refractivity contribution >= 4 is 43.1 Å². The quantitative estimate of drug-likeness (QED) is 0.281. The fourth-order valence-corrected chi connectivity index (χ4v) is 3.92. The highest BCUT2D eigenvalue weighted by Crippen LogP contribution is 2.42. The second-order valence-corrected chi connectivity index (χ2v) is 6.01. The van der Waals surface area contributed by atoms with E-state index in [1.54, 1.807) is 0 Å². The van der Waals surface area contributed by atoms with Gasteiger partial charge in [0.05, 0.1) is 23.3 Å². The predicted molar refractivity (Wildman–Crippen MR) is 97.1 cm³/mol. The van der Waals surface area contributed by atoms with E-state index in [0.29, 0.717) is 11.1 Å². The molecule has 0 fully saturated rings. The molecule has 108 valence electrons. The number of hydrogen-bond donors (Lipinski definition) is 0. The van der Waals surface area contributed by atoms with Gasteiger partial charge >= 0.3 is 0 Å². The van der Waals surface area contributed by atoms with Crippen molar-refractivity contribution in [3.8, 4) is 12.1 Å². The zero-order valence-corrected chi connectivity index (χ0v) is 12.7. The third-order valence-electron chi connectivity index (χ3n) is 4.87. The highest BCUT2D eigenvalue weighted by molar-refractivity contribution is 6.34. The van der Waals surface area contributed by atoms with Crippen LogP contribution in [0.3, 0.4) is 0 Å².